The van der Waals surface area contributed by atoms with Gasteiger partial charge in [0.15, 0.2) is 11.5 Å². The number of hydrogen-bond donors (Lipinski definition) is 0. The maximum absolute atomic E-state index is 11.3. The average Bonchev–Trinajstić information content (AvgIpc) is 2.94. The molecule has 0 spiro atoms. The molecule has 106 valence electrons. The summed E-state index contributed by atoms with van der Waals surface area (Å²) in [5.41, 5.74) is 0.591. The molecule has 0 amide bonds. The molecule has 1 atom stereocenters. The van der Waals surface area contributed by atoms with Crippen molar-refractivity contribution in [1.82, 2.24) is 25.3 Å². The highest BCUT2D eigenvalue weighted by Gasteiger charge is 2.24. The van der Waals surface area contributed by atoms with Gasteiger partial charge in [0.1, 0.15) is 0 Å². The summed E-state index contributed by atoms with van der Waals surface area (Å²) in [6, 6.07) is 3.65. The largest absolute Gasteiger partial charge is 0.469 e. The normalized spacial score (nSPS) is 19.2. The van der Waals surface area contributed by atoms with Crippen LogP contribution in [0.4, 0.5) is 5.82 Å². The third-order valence-electron chi connectivity index (χ3n) is 3.14. The minimum absolute atomic E-state index is 0.192. The number of hydrogen-bond acceptors (Lipinski definition) is 8. The number of rotatable bonds is 3. The van der Waals surface area contributed by atoms with Crippen molar-refractivity contribution in [3.63, 3.8) is 0 Å². The lowest BCUT2D eigenvalue weighted by Gasteiger charge is -2.33. The van der Waals surface area contributed by atoms with E-state index in [-0.39, 0.29) is 18.5 Å². The van der Waals surface area contributed by atoms with Crippen molar-refractivity contribution in [2.45, 2.75) is 12.5 Å². The van der Waals surface area contributed by atoms with Crippen molar-refractivity contribution in [1.29, 1.82) is 0 Å². The number of tetrazole rings is 1. The highest BCUT2D eigenvalue weighted by Crippen LogP contribution is 2.16. The average molecular weight is 278 g/mol. The van der Waals surface area contributed by atoms with Gasteiger partial charge in [0.05, 0.1) is 26.2 Å². The van der Waals surface area contributed by atoms with Crippen molar-refractivity contribution in [3.05, 3.63) is 12.1 Å². The zero-order valence-electron chi connectivity index (χ0n) is 11.0. The third kappa shape index (κ3) is 2.52. The van der Waals surface area contributed by atoms with Crippen LogP contribution in [0.2, 0.25) is 0 Å². The van der Waals surface area contributed by atoms with Crippen LogP contribution >= 0.6 is 0 Å². The maximum atomic E-state index is 11.3. The highest BCUT2D eigenvalue weighted by molar-refractivity contribution is 5.69. The fourth-order valence-electron chi connectivity index (χ4n) is 2.13. The third-order valence-corrected chi connectivity index (χ3v) is 3.14. The summed E-state index contributed by atoms with van der Waals surface area (Å²) in [7, 11) is 1.37. The lowest BCUT2D eigenvalue weighted by molar-refractivity contribution is -0.144. The Morgan fingerprint density at radius 3 is 3.30 bits per heavy atom. The smallest absolute Gasteiger partial charge is 0.308 e. The summed E-state index contributed by atoms with van der Waals surface area (Å²) in [5.74, 6) is 0.476. The molecule has 1 aliphatic heterocycles. The molecule has 20 heavy (non-hydrogen) atoms. The van der Waals surface area contributed by atoms with Crippen LogP contribution in [0.3, 0.4) is 0 Å². The molecule has 1 saturated heterocycles. The summed E-state index contributed by atoms with van der Waals surface area (Å²) in [6.45, 7) is 1.82. The van der Waals surface area contributed by atoms with Gasteiger partial charge in [0.25, 0.3) is 0 Å². The number of carbonyl (C=O) groups is 1. The van der Waals surface area contributed by atoms with Gasteiger partial charge in [-0.3, -0.25) is 4.79 Å². The van der Waals surface area contributed by atoms with Gasteiger partial charge in [-0.25, -0.2) is 0 Å². The molecule has 9 heteroatoms. The molecule has 0 aliphatic carbocycles. The first-order chi connectivity index (χ1) is 9.76. The van der Waals surface area contributed by atoms with Crippen LogP contribution in [0.5, 0.6) is 0 Å². The lowest BCUT2D eigenvalue weighted by atomic mass is 10.2. The first-order valence-electron chi connectivity index (χ1n) is 6.25. The van der Waals surface area contributed by atoms with E-state index in [2.05, 4.69) is 25.4 Å². The quantitative estimate of drug-likeness (QED) is 0.679. The first kappa shape index (κ1) is 12.7. The second kappa shape index (κ2) is 5.37. The van der Waals surface area contributed by atoms with Gasteiger partial charge in [-0.1, -0.05) is 0 Å². The van der Waals surface area contributed by atoms with Crippen LogP contribution in [0.15, 0.2) is 12.1 Å². The van der Waals surface area contributed by atoms with Crippen molar-refractivity contribution in [2.75, 3.05) is 31.7 Å². The van der Waals surface area contributed by atoms with Crippen LogP contribution in [0.1, 0.15) is 6.42 Å². The number of nitrogens with zero attached hydrogens (tertiary/aromatic N) is 6. The number of ether oxygens (including phenoxy) is 2. The number of methoxy groups -OCH3 is 1. The second-order valence-electron chi connectivity index (χ2n) is 4.44. The molecule has 3 heterocycles. The summed E-state index contributed by atoms with van der Waals surface area (Å²) >= 11 is 0. The number of carbonyl (C=O) groups excluding carboxylic acids is 1. The van der Waals surface area contributed by atoms with E-state index in [1.165, 1.54) is 11.7 Å². The second-order valence-corrected chi connectivity index (χ2v) is 4.44. The number of anilines is 1. The minimum Gasteiger partial charge on any atom is -0.469 e. The predicted molar refractivity (Wildman–Crippen MR) is 67.2 cm³/mol. The van der Waals surface area contributed by atoms with Crippen molar-refractivity contribution in [2.24, 2.45) is 0 Å². The van der Waals surface area contributed by atoms with E-state index in [1.54, 1.807) is 6.07 Å². The van der Waals surface area contributed by atoms with E-state index in [0.29, 0.717) is 25.3 Å². The van der Waals surface area contributed by atoms with Crippen LogP contribution in [0, 0.1) is 0 Å². The fraction of sp³-hybridized carbons (Fsp3) is 0.545. The highest BCUT2D eigenvalue weighted by atomic mass is 16.5. The summed E-state index contributed by atoms with van der Waals surface area (Å²) < 4.78 is 11.6. The molecule has 0 bridgehead atoms. The molecular weight excluding hydrogens is 264 g/mol. The molecule has 2 aromatic heterocycles. The van der Waals surface area contributed by atoms with Gasteiger partial charge < -0.3 is 14.4 Å². The maximum Gasteiger partial charge on any atom is 0.308 e. The van der Waals surface area contributed by atoms with Crippen LogP contribution in [-0.4, -0.2) is 64.1 Å². The van der Waals surface area contributed by atoms with Gasteiger partial charge in [0.2, 0.25) is 0 Å². The first-order valence-corrected chi connectivity index (χ1v) is 6.25. The molecule has 1 unspecified atom stereocenters. The van der Waals surface area contributed by atoms with Crippen molar-refractivity contribution < 1.29 is 14.3 Å². The van der Waals surface area contributed by atoms with Crippen molar-refractivity contribution >= 4 is 17.4 Å². The van der Waals surface area contributed by atoms with Gasteiger partial charge in [-0.05, 0) is 22.6 Å². The Bertz CT molecular complexity index is 615. The number of fused-ring (bicyclic) bond motifs is 1. The summed E-state index contributed by atoms with van der Waals surface area (Å²) in [5, 5.41) is 15.4. The molecule has 1 fully saturated rings. The molecule has 0 radical (unpaired) electrons. The molecule has 0 aromatic carbocycles. The Labute approximate surface area is 114 Å². The van der Waals surface area contributed by atoms with E-state index < -0.39 is 0 Å². The van der Waals surface area contributed by atoms with E-state index in [9.17, 15) is 4.79 Å². The molecule has 9 nitrogen and oxygen atoms in total. The Morgan fingerprint density at radius 1 is 1.55 bits per heavy atom. The van der Waals surface area contributed by atoms with Gasteiger partial charge in [0, 0.05) is 13.1 Å². The monoisotopic (exact) mass is 278 g/mol. The topological polar surface area (TPSA) is 94.7 Å². The lowest BCUT2D eigenvalue weighted by Crippen LogP contribution is -2.44. The van der Waals surface area contributed by atoms with Crippen LogP contribution in [0.25, 0.3) is 5.65 Å². The van der Waals surface area contributed by atoms with E-state index in [0.717, 1.165) is 5.82 Å². The van der Waals surface area contributed by atoms with Crippen molar-refractivity contribution in [3.8, 4) is 0 Å². The zero-order valence-corrected chi connectivity index (χ0v) is 11.0. The Balaban J connectivity index is 1.73. The van der Waals surface area contributed by atoms with Crippen LogP contribution < -0.4 is 4.90 Å². The van der Waals surface area contributed by atoms with Gasteiger partial charge in [-0.2, -0.15) is 0 Å². The minimum atomic E-state index is -0.277. The molecule has 0 saturated carbocycles. The predicted octanol–water partition coefficient (Wildman–Crippen LogP) is -0.712. The molecule has 2 aromatic rings. The Hall–Kier alpha value is -2.29. The van der Waals surface area contributed by atoms with E-state index >= 15 is 0 Å². The summed E-state index contributed by atoms with van der Waals surface area (Å²) in [4.78, 5) is 13.3. The SMILES string of the molecule is COC(=O)CC1CN(c2ccc3nnnn3n2)CCO1. The van der Waals surface area contributed by atoms with Gasteiger partial charge in [-0.15, -0.1) is 14.8 Å². The number of aromatic nitrogens is 5. The molecule has 0 N–H and O–H groups in total. The van der Waals surface area contributed by atoms with E-state index in [4.69, 9.17) is 4.74 Å². The van der Waals surface area contributed by atoms with Gasteiger partial charge >= 0.3 is 5.97 Å². The fourth-order valence-corrected chi connectivity index (χ4v) is 2.13. The molecule has 3 rings (SSSR count). The molecule has 1 aliphatic rings. The number of morpholine rings is 1. The zero-order chi connectivity index (χ0) is 13.9. The molecular formula is C11H14N6O3. The Morgan fingerprint density at radius 2 is 2.45 bits per heavy atom. The summed E-state index contributed by atoms with van der Waals surface area (Å²) in [6.07, 6.45) is 0.0442. The standard InChI is InChI=1S/C11H14N6O3/c1-19-11(18)6-8-7-16(4-5-20-8)10-3-2-9-12-14-15-17(9)13-10/h2-3,8H,4-7H2,1H3. The van der Waals surface area contributed by atoms with Crippen LogP contribution in [-0.2, 0) is 14.3 Å². The van der Waals surface area contributed by atoms with E-state index in [1.807, 2.05) is 11.0 Å². The Kier molecular flexibility index (Phi) is 3.42. The number of esters is 1.